The van der Waals surface area contributed by atoms with Crippen LogP contribution < -0.4 is 0 Å². The lowest BCUT2D eigenvalue weighted by Gasteiger charge is -2.64. The fraction of sp³-hybridized carbons (Fsp3) is 0.833. The maximum absolute atomic E-state index is 17.3. The molecule has 0 aromatic rings. The van der Waals surface area contributed by atoms with Crippen molar-refractivity contribution in [3.8, 4) is 0 Å². The largest absolute Gasteiger partial charge is 0.390 e. The zero-order chi connectivity index (χ0) is 24.4. The lowest BCUT2D eigenvalue weighted by molar-refractivity contribution is -0.252. The Morgan fingerprint density at radius 1 is 1.21 bits per heavy atom. The second-order valence-corrected chi connectivity index (χ2v) is 12.0. The summed E-state index contributed by atoms with van der Waals surface area (Å²) in [5.41, 5.74) is -6.07. The molecule has 3 saturated carbocycles. The number of fused-ring (bicyclic) bond motifs is 7. The molecule has 0 unspecified atom stereocenters. The molecular formula is C24H30ClF3O5. The molecule has 0 aromatic heterocycles. The van der Waals surface area contributed by atoms with Crippen LogP contribution in [0.1, 0.15) is 59.8 Å². The van der Waals surface area contributed by atoms with Crippen molar-refractivity contribution in [2.45, 2.75) is 101 Å². The van der Waals surface area contributed by atoms with E-state index >= 15 is 4.39 Å². The molecule has 4 fully saturated rings. The lowest BCUT2D eigenvalue weighted by Crippen LogP contribution is -2.71. The Kier molecular flexibility index (Phi) is 4.92. The summed E-state index contributed by atoms with van der Waals surface area (Å²) in [5, 5.41) is 10.8. The summed E-state index contributed by atoms with van der Waals surface area (Å²) in [5.74, 6) is -4.16. The first-order chi connectivity index (χ1) is 15.1. The van der Waals surface area contributed by atoms with Gasteiger partial charge in [0.15, 0.2) is 17.2 Å². The van der Waals surface area contributed by atoms with Crippen molar-refractivity contribution in [3.63, 3.8) is 0 Å². The van der Waals surface area contributed by atoms with E-state index in [2.05, 4.69) is 0 Å². The highest BCUT2D eigenvalue weighted by Gasteiger charge is 2.81. The molecule has 1 N–H and O–H groups in total. The van der Waals surface area contributed by atoms with E-state index in [1.807, 2.05) is 0 Å². The number of Topliss-reactive ketones (excluding diaryl/α,β-unsaturated/α-hetero) is 1. The van der Waals surface area contributed by atoms with Crippen molar-refractivity contribution in [2.75, 3.05) is 0 Å². The Labute approximate surface area is 196 Å². The quantitative estimate of drug-likeness (QED) is 0.589. The van der Waals surface area contributed by atoms with Crippen LogP contribution in [-0.4, -0.2) is 57.7 Å². The fourth-order valence-electron chi connectivity index (χ4n) is 8.26. The average Bonchev–Trinajstić information content (AvgIpc) is 3.11. The molecule has 33 heavy (non-hydrogen) atoms. The number of alkyl halides is 4. The number of halogens is 4. The highest BCUT2D eigenvalue weighted by atomic mass is 35.5. The van der Waals surface area contributed by atoms with Crippen LogP contribution in [-0.2, 0) is 19.1 Å². The van der Waals surface area contributed by atoms with E-state index in [0.717, 1.165) is 0 Å². The number of ketones is 2. The van der Waals surface area contributed by atoms with Crippen LogP contribution in [0.2, 0.25) is 0 Å². The predicted octanol–water partition coefficient (Wildman–Crippen LogP) is 4.13. The highest BCUT2D eigenvalue weighted by Crippen LogP contribution is 2.73. The second-order valence-electron chi connectivity index (χ2n) is 11.5. The Bertz CT molecular complexity index is 954. The number of allylic oxidation sites excluding steroid dienone is 1. The van der Waals surface area contributed by atoms with Gasteiger partial charge in [0.2, 0.25) is 5.78 Å². The Morgan fingerprint density at radius 3 is 2.52 bits per heavy atom. The number of hydrogen-bond donors (Lipinski definition) is 1. The summed E-state index contributed by atoms with van der Waals surface area (Å²) in [4.78, 5) is 25.1. The maximum atomic E-state index is 17.3. The number of hydrogen-bond acceptors (Lipinski definition) is 5. The van der Waals surface area contributed by atoms with Gasteiger partial charge in [-0.05, 0) is 57.1 Å². The molecule has 0 radical (unpaired) electrons. The first-order valence-corrected chi connectivity index (χ1v) is 12.0. The van der Waals surface area contributed by atoms with Crippen LogP contribution >= 0.6 is 11.6 Å². The number of carbonyl (C=O) groups excluding carboxylic acids is 2. The molecule has 0 bridgehead atoms. The number of aliphatic hydroxyl groups is 1. The van der Waals surface area contributed by atoms with E-state index in [0.29, 0.717) is 5.57 Å². The molecule has 1 heterocycles. The van der Waals surface area contributed by atoms with E-state index < -0.39 is 69.5 Å². The Morgan fingerprint density at radius 2 is 1.88 bits per heavy atom. The number of aliphatic hydroxyl groups excluding tert-OH is 1. The summed E-state index contributed by atoms with van der Waals surface area (Å²) in [7, 11) is 0. The summed E-state index contributed by atoms with van der Waals surface area (Å²) < 4.78 is 57.0. The van der Waals surface area contributed by atoms with Crippen molar-refractivity contribution in [1.82, 2.24) is 0 Å². The van der Waals surface area contributed by atoms with Crippen molar-refractivity contribution >= 4 is 23.2 Å². The topological polar surface area (TPSA) is 72.8 Å². The second kappa shape index (κ2) is 6.83. The molecule has 9 heteroatoms. The van der Waals surface area contributed by atoms with Gasteiger partial charge in [0.05, 0.1) is 17.6 Å². The molecule has 4 aliphatic carbocycles. The fourth-order valence-corrected chi connectivity index (χ4v) is 8.75. The van der Waals surface area contributed by atoms with Crippen molar-refractivity contribution in [2.24, 2.45) is 22.7 Å². The van der Waals surface area contributed by atoms with Gasteiger partial charge in [0.1, 0.15) is 5.67 Å². The molecule has 5 aliphatic rings. The van der Waals surface area contributed by atoms with Gasteiger partial charge in [0, 0.05) is 23.2 Å². The van der Waals surface area contributed by atoms with Gasteiger partial charge in [-0.3, -0.25) is 9.59 Å². The van der Waals surface area contributed by atoms with Crippen LogP contribution in [0.5, 0.6) is 0 Å². The zero-order valence-corrected chi connectivity index (χ0v) is 19.9. The molecular weight excluding hydrogens is 461 g/mol. The molecule has 5 nitrogen and oxygen atoms in total. The van der Waals surface area contributed by atoms with Gasteiger partial charge in [-0.15, -0.1) is 11.6 Å². The first-order valence-electron chi connectivity index (χ1n) is 11.6. The van der Waals surface area contributed by atoms with Crippen LogP contribution in [0.15, 0.2) is 11.6 Å². The minimum absolute atomic E-state index is 0.119. The third kappa shape index (κ3) is 2.67. The standard InChI is InChI=1S/C24H30ClF3O5/c1-20(2)32-17-9-12-13-8-15(25)14-7-11(29)5-6-21(14,3)23(13,28)16(30)10-22(12,4)24(17,33-20)18(31)19(26)27/h7,12-13,15-17,19,30H,5-6,8-10H2,1-4H3/t12-,13-,15-,16-,17+,21-,22-,23-,24-/m0/s1. The van der Waals surface area contributed by atoms with Gasteiger partial charge >= 0.3 is 0 Å². The van der Waals surface area contributed by atoms with Crippen molar-refractivity contribution < 1.29 is 37.3 Å². The smallest absolute Gasteiger partial charge is 0.299 e. The number of rotatable bonds is 2. The molecule has 9 atom stereocenters. The number of ether oxygens (including phenoxy) is 2. The summed E-state index contributed by atoms with van der Waals surface area (Å²) in [6.45, 7) is 6.47. The van der Waals surface area contributed by atoms with Gasteiger partial charge in [0.25, 0.3) is 6.43 Å². The summed E-state index contributed by atoms with van der Waals surface area (Å²) in [6.07, 6.45) is -4.02. The Balaban J connectivity index is 1.66. The van der Waals surface area contributed by atoms with Gasteiger partial charge < -0.3 is 14.6 Å². The Hall–Kier alpha value is -0.960. The lowest BCUT2D eigenvalue weighted by atomic mass is 9.43. The van der Waals surface area contributed by atoms with Crippen LogP contribution in [0.3, 0.4) is 0 Å². The van der Waals surface area contributed by atoms with Crippen molar-refractivity contribution in [1.29, 1.82) is 0 Å². The summed E-state index contributed by atoms with van der Waals surface area (Å²) >= 11 is 6.71. The molecule has 0 amide bonds. The first kappa shape index (κ1) is 23.8. The van der Waals surface area contributed by atoms with E-state index in [1.165, 1.54) is 6.08 Å². The van der Waals surface area contributed by atoms with Crippen molar-refractivity contribution in [3.05, 3.63) is 11.6 Å². The van der Waals surface area contributed by atoms with Crippen LogP contribution in [0, 0.1) is 22.7 Å². The zero-order valence-electron chi connectivity index (χ0n) is 19.2. The maximum Gasteiger partial charge on any atom is 0.299 e. The predicted molar refractivity (Wildman–Crippen MR) is 113 cm³/mol. The average molecular weight is 491 g/mol. The van der Waals surface area contributed by atoms with E-state index in [-0.39, 0.29) is 37.9 Å². The molecule has 5 rings (SSSR count). The van der Waals surface area contributed by atoms with E-state index in [1.54, 1.807) is 27.7 Å². The molecule has 0 aromatic carbocycles. The molecule has 1 aliphatic heterocycles. The van der Waals surface area contributed by atoms with E-state index in [9.17, 15) is 23.5 Å². The SMILES string of the molecule is CC1(C)O[C@@H]2C[C@H]3[C@@H]4C[C@H](Cl)C5=CC(=O)CC[C@]5(C)[C@@]4(F)[C@@H](O)C[C@]3(C)[C@]2(C(=O)C(F)F)O1. The highest BCUT2D eigenvalue weighted by molar-refractivity contribution is 6.23. The monoisotopic (exact) mass is 490 g/mol. The third-order valence-corrected chi connectivity index (χ3v) is 10.00. The minimum atomic E-state index is -3.29. The molecule has 1 saturated heterocycles. The minimum Gasteiger partial charge on any atom is -0.390 e. The van der Waals surface area contributed by atoms with Gasteiger partial charge in [-0.1, -0.05) is 13.8 Å². The third-order valence-electron chi connectivity index (χ3n) is 9.58. The summed E-state index contributed by atoms with van der Waals surface area (Å²) in [6, 6.07) is 0. The normalized spacial score (nSPS) is 52.6. The van der Waals surface area contributed by atoms with Crippen LogP contribution in [0.25, 0.3) is 0 Å². The van der Waals surface area contributed by atoms with E-state index in [4.69, 9.17) is 21.1 Å². The van der Waals surface area contributed by atoms with Gasteiger partial charge in [-0.25, -0.2) is 13.2 Å². The van der Waals surface area contributed by atoms with Gasteiger partial charge in [-0.2, -0.15) is 0 Å². The molecule has 0 spiro atoms. The van der Waals surface area contributed by atoms with Crippen LogP contribution in [0.4, 0.5) is 13.2 Å². The molecule has 184 valence electrons. The number of carbonyl (C=O) groups is 2.